The van der Waals surface area contributed by atoms with Crippen LogP contribution in [0.1, 0.15) is 25.8 Å². The van der Waals surface area contributed by atoms with E-state index in [1.54, 1.807) is 13.0 Å². The summed E-state index contributed by atoms with van der Waals surface area (Å²) in [6.45, 7) is 3.70. The van der Waals surface area contributed by atoms with Gasteiger partial charge in [0.05, 0.1) is 0 Å². The SMILES string of the molecule is CCC(Oc1ccc(Br)c(CC(C)N)c1)C(=O)O. The molecule has 0 saturated carbocycles. The number of carboxylic acid groups (broad SMARTS) is 1. The predicted octanol–water partition coefficient (Wildman–Crippen LogP) is 2.58. The fourth-order valence-electron chi connectivity index (χ4n) is 1.60. The Morgan fingerprint density at radius 3 is 2.72 bits per heavy atom. The number of carbonyl (C=O) groups is 1. The Bertz CT molecular complexity index is 421. The molecule has 18 heavy (non-hydrogen) atoms. The normalized spacial score (nSPS) is 14.0. The first-order chi connectivity index (χ1) is 8.43. The molecule has 4 nitrogen and oxygen atoms in total. The maximum atomic E-state index is 10.9. The monoisotopic (exact) mass is 315 g/mol. The summed E-state index contributed by atoms with van der Waals surface area (Å²) in [4.78, 5) is 10.9. The van der Waals surface area contributed by atoms with E-state index in [9.17, 15) is 4.79 Å². The van der Waals surface area contributed by atoms with Gasteiger partial charge in [-0.05, 0) is 43.5 Å². The average Bonchev–Trinajstić information content (AvgIpc) is 2.29. The number of hydrogen-bond acceptors (Lipinski definition) is 3. The van der Waals surface area contributed by atoms with Crippen LogP contribution in [0.15, 0.2) is 22.7 Å². The molecule has 0 aliphatic rings. The van der Waals surface area contributed by atoms with Gasteiger partial charge in [0, 0.05) is 10.5 Å². The Hall–Kier alpha value is -1.07. The molecule has 1 rings (SSSR count). The van der Waals surface area contributed by atoms with Crippen molar-refractivity contribution >= 4 is 21.9 Å². The molecule has 2 atom stereocenters. The smallest absolute Gasteiger partial charge is 0.344 e. The first-order valence-corrected chi connectivity index (χ1v) is 6.66. The summed E-state index contributed by atoms with van der Waals surface area (Å²) < 4.78 is 6.40. The van der Waals surface area contributed by atoms with Gasteiger partial charge in [0.1, 0.15) is 5.75 Å². The third-order valence-electron chi connectivity index (χ3n) is 2.48. The summed E-state index contributed by atoms with van der Waals surface area (Å²) in [5.74, 6) is -0.391. The molecule has 0 amide bonds. The topological polar surface area (TPSA) is 72.5 Å². The molecule has 0 aromatic heterocycles. The molecule has 0 spiro atoms. The zero-order chi connectivity index (χ0) is 13.7. The number of ether oxygens (including phenoxy) is 1. The lowest BCUT2D eigenvalue weighted by Gasteiger charge is -2.15. The zero-order valence-electron chi connectivity index (χ0n) is 10.5. The Morgan fingerprint density at radius 1 is 1.56 bits per heavy atom. The molecule has 2 unspecified atom stereocenters. The van der Waals surface area contributed by atoms with Crippen LogP contribution in [-0.4, -0.2) is 23.2 Å². The minimum Gasteiger partial charge on any atom is -0.479 e. The van der Waals surface area contributed by atoms with E-state index in [-0.39, 0.29) is 6.04 Å². The lowest BCUT2D eigenvalue weighted by atomic mass is 10.1. The maximum absolute atomic E-state index is 10.9. The van der Waals surface area contributed by atoms with Crippen LogP contribution in [-0.2, 0) is 11.2 Å². The van der Waals surface area contributed by atoms with Crippen molar-refractivity contribution in [2.45, 2.75) is 38.8 Å². The Balaban J connectivity index is 2.87. The van der Waals surface area contributed by atoms with E-state index in [0.717, 1.165) is 10.0 Å². The van der Waals surface area contributed by atoms with E-state index in [1.807, 2.05) is 19.1 Å². The summed E-state index contributed by atoms with van der Waals surface area (Å²) in [6.07, 6.45) is 0.324. The largest absolute Gasteiger partial charge is 0.479 e. The van der Waals surface area contributed by atoms with Crippen molar-refractivity contribution in [3.8, 4) is 5.75 Å². The average molecular weight is 316 g/mol. The van der Waals surface area contributed by atoms with Gasteiger partial charge in [0.15, 0.2) is 6.10 Å². The highest BCUT2D eigenvalue weighted by Crippen LogP contribution is 2.24. The molecule has 0 radical (unpaired) electrons. The third-order valence-corrected chi connectivity index (χ3v) is 3.26. The van der Waals surface area contributed by atoms with Crippen molar-refractivity contribution < 1.29 is 14.6 Å². The van der Waals surface area contributed by atoms with Gasteiger partial charge in [0.2, 0.25) is 0 Å². The number of rotatable bonds is 6. The first-order valence-electron chi connectivity index (χ1n) is 5.87. The van der Waals surface area contributed by atoms with Crippen molar-refractivity contribution in [1.29, 1.82) is 0 Å². The number of halogens is 1. The predicted molar refractivity (Wildman–Crippen MR) is 73.8 cm³/mol. The van der Waals surface area contributed by atoms with Gasteiger partial charge in [-0.3, -0.25) is 0 Å². The maximum Gasteiger partial charge on any atom is 0.344 e. The van der Waals surface area contributed by atoms with Crippen LogP contribution in [0.3, 0.4) is 0 Å². The molecule has 0 aliphatic carbocycles. The van der Waals surface area contributed by atoms with Crippen LogP contribution in [0.25, 0.3) is 0 Å². The summed E-state index contributed by atoms with van der Waals surface area (Å²) in [5, 5.41) is 8.95. The van der Waals surface area contributed by atoms with Crippen LogP contribution in [0.2, 0.25) is 0 Å². The van der Waals surface area contributed by atoms with E-state index in [4.69, 9.17) is 15.6 Å². The van der Waals surface area contributed by atoms with Gasteiger partial charge in [0.25, 0.3) is 0 Å². The van der Waals surface area contributed by atoms with Crippen LogP contribution in [0.5, 0.6) is 5.75 Å². The summed E-state index contributed by atoms with van der Waals surface area (Å²) in [6, 6.07) is 5.47. The Labute approximate surface area is 115 Å². The molecule has 0 aliphatic heterocycles. The van der Waals surface area contributed by atoms with Crippen molar-refractivity contribution in [2.75, 3.05) is 0 Å². The van der Waals surface area contributed by atoms with Gasteiger partial charge >= 0.3 is 5.97 Å². The van der Waals surface area contributed by atoms with Gasteiger partial charge < -0.3 is 15.6 Å². The lowest BCUT2D eigenvalue weighted by molar-refractivity contribution is -0.145. The van der Waals surface area contributed by atoms with Gasteiger partial charge in [-0.15, -0.1) is 0 Å². The summed E-state index contributed by atoms with van der Waals surface area (Å²) in [7, 11) is 0. The number of nitrogens with two attached hydrogens (primary N) is 1. The molecule has 3 N–H and O–H groups in total. The molecule has 0 heterocycles. The number of benzene rings is 1. The molecular weight excluding hydrogens is 298 g/mol. The molecule has 0 fully saturated rings. The molecule has 100 valence electrons. The van der Waals surface area contributed by atoms with Crippen molar-refractivity contribution in [1.82, 2.24) is 0 Å². The lowest BCUT2D eigenvalue weighted by Crippen LogP contribution is -2.26. The highest BCUT2D eigenvalue weighted by molar-refractivity contribution is 9.10. The quantitative estimate of drug-likeness (QED) is 0.846. The van der Waals surface area contributed by atoms with E-state index < -0.39 is 12.1 Å². The highest BCUT2D eigenvalue weighted by atomic mass is 79.9. The Morgan fingerprint density at radius 2 is 2.22 bits per heavy atom. The third kappa shape index (κ3) is 4.31. The van der Waals surface area contributed by atoms with Crippen LogP contribution >= 0.6 is 15.9 Å². The summed E-state index contributed by atoms with van der Waals surface area (Å²) >= 11 is 3.44. The molecule has 1 aromatic carbocycles. The number of carboxylic acids is 1. The fraction of sp³-hybridized carbons (Fsp3) is 0.462. The van der Waals surface area contributed by atoms with Gasteiger partial charge in [-0.25, -0.2) is 4.79 Å². The number of aliphatic carboxylic acids is 1. The van der Waals surface area contributed by atoms with Gasteiger partial charge in [-0.1, -0.05) is 22.9 Å². The minimum absolute atomic E-state index is 0.0398. The van der Waals surface area contributed by atoms with Gasteiger partial charge in [-0.2, -0.15) is 0 Å². The van der Waals surface area contributed by atoms with Crippen LogP contribution in [0.4, 0.5) is 0 Å². The number of hydrogen-bond donors (Lipinski definition) is 2. The van der Waals surface area contributed by atoms with Crippen LogP contribution < -0.4 is 10.5 Å². The molecule has 5 heteroatoms. The van der Waals surface area contributed by atoms with E-state index in [1.165, 1.54) is 0 Å². The van der Waals surface area contributed by atoms with E-state index >= 15 is 0 Å². The second-order valence-electron chi connectivity index (χ2n) is 4.29. The Kier molecular flexibility index (Phi) is 5.62. The van der Waals surface area contributed by atoms with Crippen molar-refractivity contribution in [3.63, 3.8) is 0 Å². The fourth-order valence-corrected chi connectivity index (χ4v) is 2.01. The van der Waals surface area contributed by atoms with Crippen molar-refractivity contribution in [2.24, 2.45) is 5.73 Å². The van der Waals surface area contributed by atoms with E-state index in [2.05, 4.69) is 15.9 Å². The molecule has 0 saturated heterocycles. The minimum atomic E-state index is -0.950. The highest BCUT2D eigenvalue weighted by Gasteiger charge is 2.17. The molecule has 1 aromatic rings. The molecule has 0 bridgehead atoms. The zero-order valence-corrected chi connectivity index (χ0v) is 12.1. The van der Waals surface area contributed by atoms with E-state index in [0.29, 0.717) is 18.6 Å². The summed E-state index contributed by atoms with van der Waals surface area (Å²) in [5.41, 5.74) is 6.78. The first kappa shape index (κ1) is 15.0. The molecular formula is C13H18BrNO3. The van der Waals surface area contributed by atoms with Crippen molar-refractivity contribution in [3.05, 3.63) is 28.2 Å². The second-order valence-corrected chi connectivity index (χ2v) is 5.14. The second kappa shape index (κ2) is 6.75. The standard InChI is InChI=1S/C13H18BrNO3/c1-3-12(13(16)17)18-10-4-5-11(14)9(7-10)6-8(2)15/h4-5,7-8,12H,3,6,15H2,1-2H3,(H,16,17). The van der Waals surface area contributed by atoms with Crippen LogP contribution in [0, 0.1) is 0 Å².